The summed E-state index contributed by atoms with van der Waals surface area (Å²) in [6.07, 6.45) is 6.23. The molecule has 0 radical (unpaired) electrons. The van der Waals surface area contributed by atoms with Crippen molar-refractivity contribution in [2.45, 2.75) is 64.4 Å². The monoisotopic (exact) mass is 439 g/mol. The maximum atomic E-state index is 10.3. The van der Waals surface area contributed by atoms with Crippen LogP contribution in [0.5, 0.6) is 0 Å². The fraction of sp³-hybridized carbons (Fsp3) is 0.419. The van der Waals surface area contributed by atoms with Gasteiger partial charge in [0.15, 0.2) is 0 Å². The van der Waals surface area contributed by atoms with Gasteiger partial charge in [0.05, 0.1) is 6.10 Å². The maximum Gasteiger partial charge on any atom is 0.0583 e. The van der Waals surface area contributed by atoms with Gasteiger partial charge in [-0.05, 0) is 108 Å². The lowest BCUT2D eigenvalue weighted by atomic mass is 9.80. The van der Waals surface area contributed by atoms with E-state index in [0.717, 1.165) is 38.1 Å². The summed E-state index contributed by atoms with van der Waals surface area (Å²) in [4.78, 5) is 0. The summed E-state index contributed by atoms with van der Waals surface area (Å²) in [7, 11) is 0. The van der Waals surface area contributed by atoms with E-state index in [9.17, 15) is 5.11 Å². The van der Waals surface area contributed by atoms with Crippen LogP contribution in [-0.2, 0) is 19.3 Å². The van der Waals surface area contributed by atoms with Gasteiger partial charge in [-0.2, -0.15) is 0 Å². The molecule has 1 atom stereocenters. The van der Waals surface area contributed by atoms with Crippen molar-refractivity contribution in [1.29, 1.82) is 0 Å². The van der Waals surface area contributed by atoms with Crippen molar-refractivity contribution >= 4 is 0 Å². The van der Waals surface area contributed by atoms with Gasteiger partial charge in [-0.15, -0.1) is 0 Å². The molecule has 5 rings (SSSR count). The van der Waals surface area contributed by atoms with Crippen LogP contribution in [0.15, 0.2) is 60.7 Å². The molecule has 0 amide bonds. The van der Waals surface area contributed by atoms with Crippen LogP contribution in [0.3, 0.4) is 0 Å². The lowest BCUT2D eigenvalue weighted by molar-refractivity contribution is 0.158. The predicted molar refractivity (Wildman–Crippen MR) is 139 cm³/mol. The molecule has 1 unspecified atom stereocenters. The van der Waals surface area contributed by atoms with Crippen molar-refractivity contribution in [2.24, 2.45) is 5.92 Å². The number of hydrogen-bond acceptors (Lipinski definition) is 2. The SMILES string of the molecule is CC(C)c1ccc(-c2ccc3c(c2-c2ccc(CCNCC4CC4)cc2)CCC(O)C3)cc1. The molecular weight excluding hydrogens is 402 g/mol. The Morgan fingerprint density at radius 1 is 0.879 bits per heavy atom. The molecule has 0 heterocycles. The quantitative estimate of drug-likeness (QED) is 0.391. The first-order valence-electron chi connectivity index (χ1n) is 12.8. The van der Waals surface area contributed by atoms with Gasteiger partial charge in [-0.1, -0.05) is 74.5 Å². The molecule has 2 aliphatic carbocycles. The molecule has 172 valence electrons. The zero-order valence-corrected chi connectivity index (χ0v) is 20.1. The van der Waals surface area contributed by atoms with Crippen molar-refractivity contribution in [3.05, 3.63) is 82.9 Å². The number of aliphatic hydroxyl groups is 1. The van der Waals surface area contributed by atoms with E-state index in [2.05, 4.69) is 79.8 Å². The highest BCUT2D eigenvalue weighted by atomic mass is 16.3. The van der Waals surface area contributed by atoms with E-state index in [-0.39, 0.29) is 6.10 Å². The summed E-state index contributed by atoms with van der Waals surface area (Å²) in [6, 6.07) is 22.8. The van der Waals surface area contributed by atoms with Crippen LogP contribution in [-0.4, -0.2) is 24.3 Å². The van der Waals surface area contributed by atoms with Crippen molar-refractivity contribution in [3.8, 4) is 22.3 Å². The number of nitrogens with one attached hydrogen (secondary N) is 1. The largest absolute Gasteiger partial charge is 0.393 e. The van der Waals surface area contributed by atoms with E-state index in [4.69, 9.17) is 0 Å². The molecule has 2 N–H and O–H groups in total. The Morgan fingerprint density at radius 3 is 2.30 bits per heavy atom. The van der Waals surface area contributed by atoms with E-state index >= 15 is 0 Å². The summed E-state index contributed by atoms with van der Waals surface area (Å²) in [6.45, 7) is 6.72. The van der Waals surface area contributed by atoms with Crippen molar-refractivity contribution in [1.82, 2.24) is 5.32 Å². The zero-order valence-electron chi connectivity index (χ0n) is 20.1. The topological polar surface area (TPSA) is 32.3 Å². The van der Waals surface area contributed by atoms with Gasteiger partial charge < -0.3 is 10.4 Å². The van der Waals surface area contributed by atoms with Gasteiger partial charge in [0.25, 0.3) is 0 Å². The third-order valence-corrected chi connectivity index (χ3v) is 7.44. The third-order valence-electron chi connectivity index (χ3n) is 7.44. The molecule has 3 aromatic rings. The minimum absolute atomic E-state index is 0.216. The molecule has 0 saturated heterocycles. The molecule has 0 bridgehead atoms. The zero-order chi connectivity index (χ0) is 22.8. The second kappa shape index (κ2) is 9.83. The highest BCUT2D eigenvalue weighted by Gasteiger charge is 2.23. The van der Waals surface area contributed by atoms with Crippen molar-refractivity contribution < 1.29 is 5.11 Å². The Labute approximate surface area is 199 Å². The van der Waals surface area contributed by atoms with Gasteiger partial charge in [-0.3, -0.25) is 0 Å². The number of fused-ring (bicyclic) bond motifs is 1. The first-order valence-corrected chi connectivity index (χ1v) is 12.8. The summed E-state index contributed by atoms with van der Waals surface area (Å²) in [5, 5.41) is 13.9. The van der Waals surface area contributed by atoms with E-state index in [1.54, 1.807) is 0 Å². The summed E-state index contributed by atoms with van der Waals surface area (Å²) in [5.41, 5.74) is 10.7. The Kier molecular flexibility index (Phi) is 6.66. The van der Waals surface area contributed by atoms with Crippen LogP contribution < -0.4 is 5.32 Å². The molecule has 0 aliphatic heterocycles. The summed E-state index contributed by atoms with van der Waals surface area (Å²) < 4.78 is 0. The average molecular weight is 440 g/mol. The second-order valence-electron chi connectivity index (χ2n) is 10.4. The molecule has 0 spiro atoms. The average Bonchev–Trinajstić information content (AvgIpc) is 3.66. The highest BCUT2D eigenvalue weighted by Crippen LogP contribution is 2.40. The normalized spacial score (nSPS) is 17.9. The van der Waals surface area contributed by atoms with Crippen LogP contribution in [0.1, 0.15) is 61.3 Å². The van der Waals surface area contributed by atoms with Crippen molar-refractivity contribution in [2.75, 3.05) is 13.1 Å². The Hall–Kier alpha value is -2.42. The van der Waals surface area contributed by atoms with E-state index < -0.39 is 0 Å². The smallest absolute Gasteiger partial charge is 0.0583 e. The first kappa shape index (κ1) is 22.4. The van der Waals surface area contributed by atoms with E-state index in [0.29, 0.717) is 5.92 Å². The minimum atomic E-state index is -0.216. The molecule has 0 aromatic heterocycles. The lowest BCUT2D eigenvalue weighted by Gasteiger charge is -2.26. The van der Waals surface area contributed by atoms with Crippen LogP contribution in [0.25, 0.3) is 22.3 Å². The first-order chi connectivity index (χ1) is 16.1. The molecule has 3 aromatic carbocycles. The van der Waals surface area contributed by atoms with Gasteiger partial charge in [-0.25, -0.2) is 0 Å². The number of benzene rings is 3. The predicted octanol–water partition coefficient (Wildman–Crippen LogP) is 6.54. The van der Waals surface area contributed by atoms with Crippen LogP contribution in [0, 0.1) is 5.92 Å². The van der Waals surface area contributed by atoms with Gasteiger partial charge in [0.1, 0.15) is 0 Å². The third kappa shape index (κ3) is 5.23. The van der Waals surface area contributed by atoms with Gasteiger partial charge in [0, 0.05) is 0 Å². The Bertz CT molecular complexity index is 1080. The molecule has 2 heteroatoms. The molecular formula is C31H37NO. The van der Waals surface area contributed by atoms with Crippen LogP contribution in [0.4, 0.5) is 0 Å². The number of rotatable bonds is 8. The lowest BCUT2D eigenvalue weighted by Crippen LogP contribution is -2.20. The molecule has 2 nitrogen and oxygen atoms in total. The Morgan fingerprint density at radius 2 is 1.61 bits per heavy atom. The number of aliphatic hydroxyl groups excluding tert-OH is 1. The second-order valence-corrected chi connectivity index (χ2v) is 10.4. The van der Waals surface area contributed by atoms with E-state index in [1.165, 1.54) is 63.9 Å². The van der Waals surface area contributed by atoms with Gasteiger partial charge >= 0.3 is 0 Å². The minimum Gasteiger partial charge on any atom is -0.393 e. The standard InChI is InChI=1S/C31H37NO/c1-21(2)24-9-11-25(12-10-24)29-15-13-27-19-28(33)14-16-30(27)31(29)26-7-5-22(6-8-26)17-18-32-20-23-3-4-23/h5-13,15,21,23,28,32-33H,3-4,14,16-20H2,1-2H3. The fourth-order valence-corrected chi connectivity index (χ4v) is 5.15. The molecule has 1 saturated carbocycles. The van der Waals surface area contributed by atoms with Crippen LogP contribution >= 0.6 is 0 Å². The number of hydrogen-bond donors (Lipinski definition) is 2. The molecule has 1 fully saturated rings. The van der Waals surface area contributed by atoms with E-state index in [1.807, 2.05) is 0 Å². The highest BCUT2D eigenvalue weighted by molar-refractivity contribution is 5.87. The summed E-state index contributed by atoms with van der Waals surface area (Å²) >= 11 is 0. The van der Waals surface area contributed by atoms with Crippen molar-refractivity contribution in [3.63, 3.8) is 0 Å². The molecule has 2 aliphatic rings. The van der Waals surface area contributed by atoms with Crippen LogP contribution in [0.2, 0.25) is 0 Å². The van der Waals surface area contributed by atoms with Gasteiger partial charge in [0.2, 0.25) is 0 Å². The molecule has 33 heavy (non-hydrogen) atoms. The fourth-order valence-electron chi connectivity index (χ4n) is 5.15. The summed E-state index contributed by atoms with van der Waals surface area (Å²) in [5.74, 6) is 1.47. The Balaban J connectivity index is 1.45. The maximum absolute atomic E-state index is 10.3.